The van der Waals surface area contributed by atoms with E-state index in [2.05, 4.69) is 15.9 Å². The van der Waals surface area contributed by atoms with E-state index in [1.807, 2.05) is 6.07 Å². The molecule has 5 heteroatoms. The first kappa shape index (κ1) is 9.80. The lowest BCUT2D eigenvalue weighted by Gasteiger charge is -2.14. The fourth-order valence-electron chi connectivity index (χ4n) is 1.30. The van der Waals surface area contributed by atoms with Crippen LogP contribution < -0.4 is 4.90 Å². The second-order valence-corrected chi connectivity index (χ2v) is 4.15. The number of cyclic esters (lactones) is 1. The van der Waals surface area contributed by atoms with Crippen molar-refractivity contribution >= 4 is 39.3 Å². The highest BCUT2D eigenvalue weighted by Gasteiger charge is 2.25. The largest absolute Gasteiger partial charge is 0.447 e. The fraction of sp³-hybridized carbons (Fsp3) is 0.222. The van der Waals surface area contributed by atoms with Gasteiger partial charge in [0.25, 0.3) is 0 Å². The number of carbonyl (C=O) groups is 1. The highest BCUT2D eigenvalue weighted by atomic mass is 79.9. The van der Waals surface area contributed by atoms with Crippen LogP contribution in [-0.4, -0.2) is 19.2 Å². The number of benzene rings is 1. The van der Waals surface area contributed by atoms with E-state index >= 15 is 0 Å². The number of hydrogen-bond donors (Lipinski definition) is 0. The van der Waals surface area contributed by atoms with E-state index in [1.165, 1.54) is 0 Å². The smallest absolute Gasteiger partial charge is 0.414 e. The molecule has 1 fully saturated rings. The maximum Gasteiger partial charge on any atom is 0.414 e. The molecule has 1 aromatic carbocycles. The topological polar surface area (TPSA) is 29.5 Å². The van der Waals surface area contributed by atoms with E-state index in [9.17, 15) is 4.79 Å². The van der Waals surface area contributed by atoms with Gasteiger partial charge >= 0.3 is 6.09 Å². The first-order valence-corrected chi connectivity index (χ1v) is 5.25. The average molecular weight is 277 g/mol. The van der Waals surface area contributed by atoms with Gasteiger partial charge in [0.2, 0.25) is 0 Å². The minimum atomic E-state index is -0.326. The van der Waals surface area contributed by atoms with Gasteiger partial charge in [0.1, 0.15) is 6.61 Å². The molecule has 0 aromatic heterocycles. The fourth-order valence-corrected chi connectivity index (χ4v) is 1.93. The molecular formula is C9H7BrClNO2. The van der Waals surface area contributed by atoms with Crippen molar-refractivity contribution in [1.82, 2.24) is 0 Å². The van der Waals surface area contributed by atoms with Crippen molar-refractivity contribution < 1.29 is 9.53 Å². The summed E-state index contributed by atoms with van der Waals surface area (Å²) in [7, 11) is 0. The number of nitrogens with zero attached hydrogens (tertiary/aromatic N) is 1. The second kappa shape index (κ2) is 3.79. The van der Waals surface area contributed by atoms with Gasteiger partial charge in [0, 0.05) is 9.50 Å². The van der Waals surface area contributed by atoms with Crippen molar-refractivity contribution in [3.8, 4) is 0 Å². The summed E-state index contributed by atoms with van der Waals surface area (Å²) < 4.78 is 5.67. The van der Waals surface area contributed by atoms with Gasteiger partial charge in [0.15, 0.2) is 0 Å². The van der Waals surface area contributed by atoms with Crippen molar-refractivity contribution in [3.05, 3.63) is 27.7 Å². The quantitative estimate of drug-likeness (QED) is 0.789. The normalized spacial score (nSPS) is 15.9. The molecule has 0 bridgehead atoms. The molecule has 74 valence electrons. The standard InChI is InChI=1S/C9H7BrClNO2/c10-7-2-1-6(11)5-8(7)12-3-4-14-9(12)13/h1-2,5H,3-4H2. The summed E-state index contributed by atoms with van der Waals surface area (Å²) in [5.41, 5.74) is 0.750. The molecule has 3 nitrogen and oxygen atoms in total. The first-order chi connectivity index (χ1) is 6.68. The number of amides is 1. The minimum absolute atomic E-state index is 0.326. The van der Waals surface area contributed by atoms with E-state index in [-0.39, 0.29) is 6.09 Å². The maximum atomic E-state index is 11.3. The van der Waals surface area contributed by atoms with Crippen molar-refractivity contribution in [2.75, 3.05) is 18.1 Å². The zero-order valence-corrected chi connectivity index (χ0v) is 9.51. The predicted octanol–water partition coefficient (Wildman–Crippen LogP) is 3.06. The van der Waals surface area contributed by atoms with Crippen LogP contribution in [0, 0.1) is 0 Å². The van der Waals surface area contributed by atoms with Crippen LogP contribution in [0.1, 0.15) is 0 Å². The highest BCUT2D eigenvalue weighted by Crippen LogP contribution is 2.30. The zero-order valence-electron chi connectivity index (χ0n) is 7.17. The van der Waals surface area contributed by atoms with Gasteiger partial charge in [-0.25, -0.2) is 4.79 Å². The van der Waals surface area contributed by atoms with Gasteiger partial charge in [-0.05, 0) is 34.1 Å². The number of hydrogen-bond acceptors (Lipinski definition) is 2. The molecule has 0 saturated carbocycles. The van der Waals surface area contributed by atoms with E-state index < -0.39 is 0 Å². The Morgan fingerprint density at radius 3 is 2.93 bits per heavy atom. The Balaban J connectivity index is 2.39. The van der Waals surface area contributed by atoms with Crippen LogP contribution in [-0.2, 0) is 4.74 Å². The molecule has 1 aliphatic heterocycles. The van der Waals surface area contributed by atoms with Crippen molar-refractivity contribution in [3.63, 3.8) is 0 Å². The molecule has 14 heavy (non-hydrogen) atoms. The third kappa shape index (κ3) is 1.72. The summed E-state index contributed by atoms with van der Waals surface area (Å²) in [6.07, 6.45) is -0.326. The Hall–Kier alpha value is -0.740. The van der Waals surface area contributed by atoms with E-state index in [4.69, 9.17) is 16.3 Å². The van der Waals surface area contributed by atoms with Crippen LogP contribution in [0.15, 0.2) is 22.7 Å². The SMILES string of the molecule is O=C1OCCN1c1cc(Cl)ccc1Br. The number of ether oxygens (including phenoxy) is 1. The van der Waals surface area contributed by atoms with E-state index in [0.29, 0.717) is 18.2 Å². The Kier molecular flexibility index (Phi) is 2.65. The molecule has 1 aliphatic rings. The summed E-state index contributed by atoms with van der Waals surface area (Å²) >= 11 is 9.20. The molecular weight excluding hydrogens is 269 g/mol. The first-order valence-electron chi connectivity index (χ1n) is 4.08. The molecule has 0 N–H and O–H groups in total. The Labute approximate surface area is 94.7 Å². The number of carbonyl (C=O) groups excluding carboxylic acids is 1. The van der Waals surface area contributed by atoms with Gasteiger partial charge in [-0.15, -0.1) is 0 Å². The maximum absolute atomic E-state index is 11.3. The van der Waals surface area contributed by atoms with Crippen LogP contribution in [0.5, 0.6) is 0 Å². The van der Waals surface area contributed by atoms with Crippen LogP contribution in [0.3, 0.4) is 0 Å². The minimum Gasteiger partial charge on any atom is -0.447 e. The number of anilines is 1. The van der Waals surface area contributed by atoms with Gasteiger partial charge in [-0.2, -0.15) is 0 Å². The molecule has 1 heterocycles. The molecule has 1 saturated heterocycles. The molecule has 1 aromatic rings. The van der Waals surface area contributed by atoms with Gasteiger partial charge in [0.05, 0.1) is 12.2 Å². The van der Waals surface area contributed by atoms with E-state index in [1.54, 1.807) is 17.0 Å². The lowest BCUT2D eigenvalue weighted by Crippen LogP contribution is -2.23. The lowest BCUT2D eigenvalue weighted by molar-refractivity contribution is 0.181. The van der Waals surface area contributed by atoms with Crippen LogP contribution in [0.4, 0.5) is 10.5 Å². The monoisotopic (exact) mass is 275 g/mol. The Bertz CT molecular complexity index is 383. The van der Waals surface area contributed by atoms with Crippen molar-refractivity contribution in [2.45, 2.75) is 0 Å². The number of rotatable bonds is 1. The van der Waals surface area contributed by atoms with Crippen LogP contribution >= 0.6 is 27.5 Å². The van der Waals surface area contributed by atoms with Crippen molar-refractivity contribution in [2.24, 2.45) is 0 Å². The molecule has 0 aliphatic carbocycles. The summed E-state index contributed by atoms with van der Waals surface area (Å²) in [4.78, 5) is 12.8. The Morgan fingerprint density at radius 1 is 1.50 bits per heavy atom. The van der Waals surface area contributed by atoms with Crippen LogP contribution in [0.2, 0.25) is 5.02 Å². The summed E-state index contributed by atoms with van der Waals surface area (Å²) in [6.45, 7) is 0.996. The second-order valence-electron chi connectivity index (χ2n) is 2.86. The third-order valence-electron chi connectivity index (χ3n) is 1.96. The average Bonchev–Trinajstić information content (AvgIpc) is 2.56. The van der Waals surface area contributed by atoms with Gasteiger partial charge in [-0.3, -0.25) is 4.90 Å². The van der Waals surface area contributed by atoms with Crippen LogP contribution in [0.25, 0.3) is 0 Å². The van der Waals surface area contributed by atoms with E-state index in [0.717, 1.165) is 10.2 Å². The molecule has 2 rings (SSSR count). The third-order valence-corrected chi connectivity index (χ3v) is 2.87. The summed E-state index contributed by atoms with van der Waals surface area (Å²) in [5.74, 6) is 0. The van der Waals surface area contributed by atoms with Crippen molar-refractivity contribution in [1.29, 1.82) is 0 Å². The van der Waals surface area contributed by atoms with Gasteiger partial charge in [-0.1, -0.05) is 11.6 Å². The summed E-state index contributed by atoms with van der Waals surface area (Å²) in [5, 5.41) is 0.600. The zero-order chi connectivity index (χ0) is 10.1. The highest BCUT2D eigenvalue weighted by molar-refractivity contribution is 9.10. The molecule has 0 spiro atoms. The molecule has 0 radical (unpaired) electrons. The molecule has 1 amide bonds. The predicted molar refractivity (Wildman–Crippen MR) is 57.8 cm³/mol. The molecule has 0 atom stereocenters. The Morgan fingerprint density at radius 2 is 2.29 bits per heavy atom. The number of halogens is 2. The van der Waals surface area contributed by atoms with Gasteiger partial charge < -0.3 is 4.74 Å². The lowest BCUT2D eigenvalue weighted by atomic mass is 10.3. The summed E-state index contributed by atoms with van der Waals surface area (Å²) in [6, 6.07) is 5.30. The molecule has 0 unspecified atom stereocenters.